The van der Waals surface area contributed by atoms with Crippen molar-refractivity contribution < 1.29 is 6.21 Å². The van der Waals surface area contributed by atoms with Gasteiger partial charge in [-0.15, -0.1) is 0 Å². The molecule has 0 heterocycles. The Bertz CT molecular complexity index is 89.7. The summed E-state index contributed by atoms with van der Waals surface area (Å²) >= 11 is 0. The van der Waals surface area contributed by atoms with Crippen LogP contribution in [-0.2, 0) is 0 Å². The lowest BCUT2D eigenvalue weighted by atomic mass is 11.1. The summed E-state index contributed by atoms with van der Waals surface area (Å²) in [7, 11) is 0. The average molecular weight is 88.1 g/mol. The van der Waals surface area contributed by atoms with Crippen molar-refractivity contribution in [1.29, 1.82) is 5.52 Å². The molecule has 0 aromatic heterocycles. The van der Waals surface area contributed by atoms with Crippen LogP contribution in [0, 0.1) is 5.52 Å². The molecule has 0 fully saturated rings. The van der Waals surface area contributed by atoms with Gasteiger partial charge < -0.3 is 0 Å². The molecule has 5 heteroatoms. The largest absolute Gasteiger partial charge is 0.373 e. The predicted molar refractivity (Wildman–Crippen MR) is 17.9 cm³/mol. The smallest absolute Gasteiger partial charge is 0.273 e. The molecule has 0 spiro atoms. The van der Waals surface area contributed by atoms with Gasteiger partial charge in [0, 0.05) is 0 Å². The van der Waals surface area contributed by atoms with Crippen LogP contribution in [0.25, 0.3) is 0 Å². The Morgan fingerprint density at radius 1 is 2.33 bits per heavy atom. The van der Waals surface area contributed by atoms with E-state index in [4.69, 9.17) is 1.41 Å². The van der Waals surface area contributed by atoms with Crippen molar-refractivity contribution in [1.82, 2.24) is 5.43 Å². The van der Waals surface area contributed by atoms with Crippen LogP contribution >= 0.6 is 0 Å². The number of amides is 2. The van der Waals surface area contributed by atoms with Crippen LogP contribution in [-0.4, -0.2) is 6.03 Å². The lowest BCUT2D eigenvalue weighted by molar-refractivity contribution is 0.247. The fourth-order valence-corrected chi connectivity index (χ4v) is 0.0289. The zero-order valence-corrected chi connectivity index (χ0v) is 2.88. The minimum absolute atomic E-state index is 0.824. The number of carbonyl (C=O) groups excluding carboxylic acids is 1. The second-order valence-corrected chi connectivity index (χ2v) is 0.549. The molecule has 0 aromatic rings. The quantitative estimate of drug-likeness (QED) is 0.163. The van der Waals surface area contributed by atoms with Crippen LogP contribution in [0.1, 0.15) is 0 Å². The minimum Gasteiger partial charge on any atom is -0.273 e. The van der Waals surface area contributed by atoms with Gasteiger partial charge in [-0.3, -0.25) is 5.43 Å². The molecule has 34 valence electrons. The Morgan fingerprint density at radius 3 is 3.17 bits per heavy atom. The maximum absolute atomic E-state index is 9.80. The number of nitrogens with one attached hydrogen (secondary N) is 2. The predicted octanol–water partition coefficient (Wildman–Crippen LogP) is -0.399. The van der Waals surface area contributed by atoms with E-state index in [-0.39, 0.29) is 0 Å². The molecule has 6 heavy (non-hydrogen) atoms. The fraction of sp³-hybridized carbons (Fsp3) is 0. The Balaban J connectivity index is 3.37. The Labute approximate surface area is 35.5 Å². The van der Waals surface area contributed by atoms with Gasteiger partial charge in [0.25, 0.3) is 0 Å². The normalized spacial score (nSPS) is 11.2. The van der Waals surface area contributed by atoms with E-state index in [2.05, 4.69) is 16.5 Å². The summed E-state index contributed by atoms with van der Waals surface area (Å²) in [6.45, 7) is 0. The highest BCUT2D eigenvalue weighted by atomic mass is 16.2. The number of rotatable bonds is 0. The Kier molecular flexibility index (Phi) is 1.23. The molecule has 0 rings (SSSR count). The number of nitrogens with zero attached hydrogens (tertiary/aromatic N) is 1. The van der Waals surface area contributed by atoms with Crippen LogP contribution in [0.2, 0.25) is 1.41 Å². The summed E-state index contributed by atoms with van der Waals surface area (Å²) in [6, 6.07) is -0.824. The molecule has 0 aliphatic carbocycles. The van der Waals surface area contributed by atoms with Gasteiger partial charge in [0.1, 0.15) is 0 Å². The third kappa shape index (κ3) is 1.36. The zero-order valence-electron chi connectivity index (χ0n) is 3.88. The number of nitrogens with two attached hydrogens (primary N) is 1. The summed E-state index contributed by atoms with van der Waals surface area (Å²) < 4.78 is 5.98. The first-order chi connectivity index (χ1) is 3.31. The molecular weight excluding hydrogens is 84.0 g/mol. The maximum Gasteiger partial charge on any atom is 0.373 e. The molecule has 0 bridgehead atoms. The minimum atomic E-state index is -0.824. The van der Waals surface area contributed by atoms with E-state index in [0.29, 0.717) is 0 Å². The molecule has 2 amide bonds. The van der Waals surface area contributed by atoms with Crippen LogP contribution < -0.4 is 11.3 Å². The van der Waals surface area contributed by atoms with Crippen molar-refractivity contribution in [2.24, 2.45) is 11.0 Å². The molecule has 0 radical (unpaired) electrons. The second kappa shape index (κ2) is 2.28. The third-order valence-corrected chi connectivity index (χ3v) is 0.214. The van der Waals surface area contributed by atoms with Gasteiger partial charge in [0.2, 0.25) is 1.41 Å². The van der Waals surface area contributed by atoms with E-state index in [1.54, 1.807) is 5.43 Å². The number of hydrogen-bond acceptors (Lipinski definition) is 3. The number of carbonyl (C=O) groups is 1. The maximum atomic E-state index is 9.80. The highest BCUT2D eigenvalue weighted by Crippen LogP contribution is 1.61. The first-order valence-electron chi connectivity index (χ1n) is 1.61. The molecule has 0 aliphatic rings. The average Bonchev–Trinajstić information content (AvgIpc) is 1.68. The first kappa shape index (κ1) is 3.23. The first-order valence-corrected chi connectivity index (χ1v) is 1.17. The van der Waals surface area contributed by atoms with Crippen molar-refractivity contribution in [2.45, 2.75) is 0 Å². The molecular formula is CH4N4O. The molecule has 0 atom stereocenters. The highest BCUT2D eigenvalue weighted by molar-refractivity contribution is 5.72. The second-order valence-electron chi connectivity index (χ2n) is 0.549. The van der Waals surface area contributed by atoms with Crippen molar-refractivity contribution in [3.8, 4) is 0 Å². The number of hydrogen-bond donors (Lipinski definition) is 3. The summed E-state index contributed by atoms with van der Waals surface area (Å²) in [4.78, 5) is 9.80. The topological polar surface area (TPSA) is 91.3 Å². The Hall–Kier alpha value is -0.970. The van der Waals surface area contributed by atoms with E-state index in [0.717, 1.165) is 0 Å². The van der Waals surface area contributed by atoms with E-state index >= 15 is 0 Å². The molecule has 0 saturated carbocycles. The van der Waals surface area contributed by atoms with Crippen molar-refractivity contribution >= 4 is 6.03 Å². The summed E-state index contributed by atoms with van der Waals surface area (Å²) in [5.41, 5.74) is 4.04. The van der Waals surface area contributed by atoms with E-state index in [1.807, 2.05) is 0 Å². The summed E-state index contributed by atoms with van der Waals surface area (Å²) in [5.74, 6) is 4.52. The standard InChI is InChI=1S/CH4N4O/c2-4-1(6)5-3/h2H,3H2,(H,5,6)/b4-2+. The van der Waals surface area contributed by atoms with Gasteiger partial charge >= 0.3 is 6.03 Å². The van der Waals surface area contributed by atoms with Crippen molar-refractivity contribution in [3.05, 3.63) is 0 Å². The molecule has 0 saturated heterocycles. The van der Waals surface area contributed by atoms with Crippen LogP contribution in [0.15, 0.2) is 5.11 Å². The third-order valence-electron chi connectivity index (χ3n) is 0.214. The van der Waals surface area contributed by atoms with E-state index in [9.17, 15) is 4.79 Å². The molecule has 0 unspecified atom stereocenters. The summed E-state index contributed by atoms with van der Waals surface area (Å²) in [6.07, 6.45) is 0. The summed E-state index contributed by atoms with van der Waals surface area (Å²) in [5, 5.41) is 2.66. The lowest BCUT2D eigenvalue weighted by Crippen LogP contribution is -2.26. The van der Waals surface area contributed by atoms with Crippen molar-refractivity contribution in [3.63, 3.8) is 0 Å². The van der Waals surface area contributed by atoms with Gasteiger partial charge in [-0.25, -0.2) is 10.6 Å². The van der Waals surface area contributed by atoms with Crippen LogP contribution in [0.4, 0.5) is 4.79 Å². The Morgan fingerprint density at radius 2 is 3.00 bits per heavy atom. The fourth-order valence-electron chi connectivity index (χ4n) is 0.0289. The van der Waals surface area contributed by atoms with E-state index in [1.165, 1.54) is 0 Å². The number of hydrazine groups is 1. The highest BCUT2D eigenvalue weighted by Gasteiger charge is 1.83. The van der Waals surface area contributed by atoms with E-state index < -0.39 is 6.03 Å². The van der Waals surface area contributed by atoms with Gasteiger partial charge in [-0.05, 0) is 0 Å². The SMILES string of the molecule is [H]/N=N/C(=O)NN. The molecule has 5 nitrogen and oxygen atoms in total. The monoisotopic (exact) mass is 88.0 g/mol. The van der Waals surface area contributed by atoms with Gasteiger partial charge in [0.05, 0.1) is 0 Å². The van der Waals surface area contributed by atoms with Gasteiger partial charge in [0.15, 0.2) is 0 Å². The van der Waals surface area contributed by atoms with Gasteiger partial charge in [-0.1, -0.05) is 5.11 Å². The molecule has 4 N–H and O–H groups in total. The molecule has 0 aliphatic heterocycles. The molecule has 0 aromatic carbocycles. The van der Waals surface area contributed by atoms with Crippen LogP contribution in [0.3, 0.4) is 0 Å². The lowest BCUT2D eigenvalue weighted by Gasteiger charge is -1.80. The van der Waals surface area contributed by atoms with Crippen molar-refractivity contribution in [2.75, 3.05) is 0 Å². The number of urea groups is 1. The zero-order chi connectivity index (χ0) is 5.70. The van der Waals surface area contributed by atoms with Gasteiger partial charge in [-0.2, -0.15) is 5.52 Å². The van der Waals surface area contributed by atoms with Crippen LogP contribution in [0.5, 0.6) is 0 Å².